The SMILES string of the molecule is NC(=O)c1ccc(-c2cc(NCc3nc4ccccc4[nH]3)nc(N)n2)cc1. The van der Waals surface area contributed by atoms with Crippen LogP contribution in [-0.2, 0) is 6.54 Å². The van der Waals surface area contributed by atoms with Crippen LogP contribution < -0.4 is 16.8 Å². The van der Waals surface area contributed by atoms with E-state index >= 15 is 0 Å². The number of carbonyl (C=O) groups excluding carboxylic acids is 1. The highest BCUT2D eigenvalue weighted by molar-refractivity contribution is 5.93. The van der Waals surface area contributed by atoms with Gasteiger partial charge in [-0.1, -0.05) is 24.3 Å². The van der Waals surface area contributed by atoms with Crippen LogP contribution in [0.25, 0.3) is 22.3 Å². The summed E-state index contributed by atoms with van der Waals surface area (Å²) in [4.78, 5) is 27.4. The molecule has 8 heteroatoms. The average molecular weight is 359 g/mol. The van der Waals surface area contributed by atoms with Crippen molar-refractivity contribution in [2.24, 2.45) is 5.73 Å². The Kier molecular flexibility index (Phi) is 4.13. The highest BCUT2D eigenvalue weighted by Crippen LogP contribution is 2.21. The Bertz CT molecular complexity index is 1090. The van der Waals surface area contributed by atoms with Gasteiger partial charge in [0.05, 0.1) is 23.3 Å². The Morgan fingerprint density at radius 1 is 1.04 bits per heavy atom. The van der Waals surface area contributed by atoms with E-state index in [4.69, 9.17) is 11.5 Å². The molecular formula is C19H17N7O. The van der Waals surface area contributed by atoms with Crippen molar-refractivity contribution in [2.75, 3.05) is 11.1 Å². The number of nitrogens with two attached hydrogens (primary N) is 2. The van der Waals surface area contributed by atoms with Crippen LogP contribution in [0.1, 0.15) is 16.2 Å². The molecule has 0 saturated heterocycles. The topological polar surface area (TPSA) is 136 Å². The summed E-state index contributed by atoms with van der Waals surface area (Å²) in [5, 5.41) is 3.20. The number of rotatable bonds is 5. The lowest BCUT2D eigenvalue weighted by Crippen LogP contribution is -2.10. The second kappa shape index (κ2) is 6.75. The summed E-state index contributed by atoms with van der Waals surface area (Å²) in [6.45, 7) is 0.463. The lowest BCUT2D eigenvalue weighted by molar-refractivity contribution is 0.100. The van der Waals surface area contributed by atoms with Gasteiger partial charge in [-0.2, -0.15) is 4.98 Å². The number of fused-ring (bicyclic) bond motifs is 1. The number of nitrogens with zero attached hydrogens (tertiary/aromatic N) is 3. The fourth-order valence-corrected chi connectivity index (χ4v) is 2.77. The molecule has 1 amide bonds. The van der Waals surface area contributed by atoms with Gasteiger partial charge in [-0.3, -0.25) is 4.79 Å². The number of anilines is 2. The van der Waals surface area contributed by atoms with Gasteiger partial charge in [-0.05, 0) is 24.3 Å². The van der Waals surface area contributed by atoms with E-state index in [1.165, 1.54) is 0 Å². The summed E-state index contributed by atoms with van der Waals surface area (Å²) >= 11 is 0. The molecule has 0 aliphatic rings. The van der Waals surface area contributed by atoms with Crippen LogP contribution in [0.15, 0.2) is 54.6 Å². The van der Waals surface area contributed by atoms with Crippen LogP contribution in [0.3, 0.4) is 0 Å². The number of nitrogen functional groups attached to an aromatic ring is 1. The predicted octanol–water partition coefficient (Wildman–Crippen LogP) is 2.31. The standard InChI is InChI=1S/C19H17N7O/c20-18(27)12-7-5-11(6-8-12)15-9-16(26-19(21)25-15)22-10-17-23-13-3-1-2-4-14(13)24-17/h1-9H,10H2,(H2,20,27)(H,23,24)(H3,21,22,25,26). The van der Waals surface area contributed by atoms with Crippen molar-refractivity contribution >= 4 is 28.7 Å². The molecule has 0 radical (unpaired) electrons. The molecule has 134 valence electrons. The number of hydrogen-bond donors (Lipinski definition) is 4. The third kappa shape index (κ3) is 3.54. The molecule has 27 heavy (non-hydrogen) atoms. The Balaban J connectivity index is 1.55. The van der Waals surface area contributed by atoms with Gasteiger partial charge in [0.1, 0.15) is 11.6 Å². The molecule has 4 aromatic rings. The summed E-state index contributed by atoms with van der Waals surface area (Å²) in [6.07, 6.45) is 0. The number of imidazole rings is 1. The number of aromatic amines is 1. The summed E-state index contributed by atoms with van der Waals surface area (Å²) in [5.74, 6) is 1.05. The third-order valence-electron chi connectivity index (χ3n) is 4.08. The zero-order chi connectivity index (χ0) is 18.8. The molecule has 0 aliphatic carbocycles. The first-order chi connectivity index (χ1) is 13.1. The van der Waals surface area contributed by atoms with Gasteiger partial charge in [0.25, 0.3) is 0 Å². The maximum Gasteiger partial charge on any atom is 0.248 e. The minimum Gasteiger partial charge on any atom is -0.368 e. The summed E-state index contributed by atoms with van der Waals surface area (Å²) in [5.41, 5.74) is 14.9. The van der Waals surface area contributed by atoms with E-state index in [0.29, 0.717) is 23.6 Å². The van der Waals surface area contributed by atoms with E-state index in [9.17, 15) is 4.79 Å². The Labute approximate surface area is 154 Å². The largest absolute Gasteiger partial charge is 0.368 e. The third-order valence-corrected chi connectivity index (χ3v) is 4.08. The number of H-pyrrole nitrogens is 1. The number of aromatic nitrogens is 4. The van der Waals surface area contributed by atoms with Crippen molar-refractivity contribution in [2.45, 2.75) is 6.54 Å². The summed E-state index contributed by atoms with van der Waals surface area (Å²) in [6, 6.07) is 16.5. The summed E-state index contributed by atoms with van der Waals surface area (Å²) in [7, 11) is 0. The van der Waals surface area contributed by atoms with Crippen LogP contribution >= 0.6 is 0 Å². The van der Waals surface area contributed by atoms with Crippen LogP contribution in [0, 0.1) is 0 Å². The minimum atomic E-state index is -0.475. The molecule has 2 aromatic heterocycles. The quantitative estimate of drug-likeness (QED) is 0.432. The Hall–Kier alpha value is -3.94. The molecule has 6 N–H and O–H groups in total. The van der Waals surface area contributed by atoms with Gasteiger partial charge >= 0.3 is 0 Å². The van der Waals surface area contributed by atoms with Gasteiger partial charge in [0.2, 0.25) is 11.9 Å². The smallest absolute Gasteiger partial charge is 0.248 e. The second-order valence-electron chi connectivity index (χ2n) is 5.99. The van der Waals surface area contributed by atoms with E-state index in [1.54, 1.807) is 30.3 Å². The normalized spacial score (nSPS) is 10.8. The number of hydrogen-bond acceptors (Lipinski definition) is 6. The number of benzene rings is 2. The van der Waals surface area contributed by atoms with Crippen LogP contribution in [0.2, 0.25) is 0 Å². The van der Waals surface area contributed by atoms with Crippen molar-refractivity contribution in [1.82, 2.24) is 19.9 Å². The fraction of sp³-hybridized carbons (Fsp3) is 0.0526. The van der Waals surface area contributed by atoms with E-state index in [2.05, 4.69) is 25.3 Å². The molecule has 0 spiro atoms. The highest BCUT2D eigenvalue weighted by atomic mass is 16.1. The predicted molar refractivity (Wildman–Crippen MR) is 104 cm³/mol. The first-order valence-corrected chi connectivity index (χ1v) is 8.31. The van der Waals surface area contributed by atoms with Crippen molar-refractivity contribution in [3.63, 3.8) is 0 Å². The molecule has 0 saturated carbocycles. The molecule has 0 bridgehead atoms. The van der Waals surface area contributed by atoms with Crippen molar-refractivity contribution in [3.8, 4) is 11.3 Å². The second-order valence-corrected chi connectivity index (χ2v) is 5.99. The molecule has 0 aliphatic heterocycles. The van der Waals surface area contributed by atoms with Gasteiger partial charge in [-0.25, -0.2) is 9.97 Å². The van der Waals surface area contributed by atoms with E-state index < -0.39 is 5.91 Å². The molecule has 2 heterocycles. The summed E-state index contributed by atoms with van der Waals surface area (Å²) < 4.78 is 0. The lowest BCUT2D eigenvalue weighted by Gasteiger charge is -2.08. The number of nitrogens with one attached hydrogen (secondary N) is 2. The minimum absolute atomic E-state index is 0.151. The van der Waals surface area contributed by atoms with E-state index in [-0.39, 0.29) is 5.95 Å². The molecule has 0 atom stereocenters. The lowest BCUT2D eigenvalue weighted by atomic mass is 10.1. The molecular weight excluding hydrogens is 342 g/mol. The zero-order valence-corrected chi connectivity index (χ0v) is 14.3. The average Bonchev–Trinajstić information content (AvgIpc) is 3.09. The van der Waals surface area contributed by atoms with Crippen molar-refractivity contribution in [3.05, 3.63) is 66.0 Å². The van der Waals surface area contributed by atoms with Gasteiger partial charge < -0.3 is 21.8 Å². The number of amides is 1. The zero-order valence-electron chi connectivity index (χ0n) is 14.3. The van der Waals surface area contributed by atoms with Crippen molar-refractivity contribution in [1.29, 1.82) is 0 Å². The Morgan fingerprint density at radius 3 is 2.56 bits per heavy atom. The highest BCUT2D eigenvalue weighted by Gasteiger charge is 2.08. The number of primary amides is 1. The monoisotopic (exact) mass is 359 g/mol. The molecule has 2 aromatic carbocycles. The number of carbonyl (C=O) groups is 1. The fourth-order valence-electron chi connectivity index (χ4n) is 2.77. The Morgan fingerprint density at radius 2 is 1.81 bits per heavy atom. The molecule has 0 unspecified atom stereocenters. The van der Waals surface area contributed by atoms with Gasteiger partial charge in [0, 0.05) is 17.2 Å². The van der Waals surface area contributed by atoms with Crippen LogP contribution in [0.5, 0.6) is 0 Å². The van der Waals surface area contributed by atoms with Crippen LogP contribution in [-0.4, -0.2) is 25.8 Å². The molecule has 0 fully saturated rings. The van der Waals surface area contributed by atoms with Crippen molar-refractivity contribution < 1.29 is 4.79 Å². The first kappa shape index (κ1) is 16.5. The van der Waals surface area contributed by atoms with Gasteiger partial charge in [0.15, 0.2) is 0 Å². The molecule has 8 nitrogen and oxygen atoms in total. The van der Waals surface area contributed by atoms with E-state index in [1.807, 2.05) is 24.3 Å². The van der Waals surface area contributed by atoms with E-state index in [0.717, 1.165) is 22.4 Å². The molecule has 4 rings (SSSR count). The first-order valence-electron chi connectivity index (χ1n) is 8.31. The number of para-hydroxylation sites is 2. The maximum atomic E-state index is 11.2. The van der Waals surface area contributed by atoms with Gasteiger partial charge in [-0.15, -0.1) is 0 Å². The van der Waals surface area contributed by atoms with Crippen LogP contribution in [0.4, 0.5) is 11.8 Å². The maximum absolute atomic E-state index is 11.2.